The predicted molar refractivity (Wildman–Crippen MR) is 213 cm³/mol. The van der Waals surface area contributed by atoms with Crippen molar-refractivity contribution in [2.75, 3.05) is 5.32 Å². The molecule has 2 heterocycles. The van der Waals surface area contributed by atoms with Gasteiger partial charge in [-0.3, -0.25) is 0 Å². The van der Waals surface area contributed by atoms with Crippen LogP contribution in [-0.2, 0) is 0 Å². The van der Waals surface area contributed by atoms with Crippen molar-refractivity contribution in [2.45, 2.75) is 12.5 Å². The zero-order chi connectivity index (χ0) is 33.7. The van der Waals surface area contributed by atoms with Gasteiger partial charge < -0.3 is 14.2 Å². The summed E-state index contributed by atoms with van der Waals surface area (Å²) >= 11 is 0. The molecule has 1 unspecified atom stereocenters. The lowest BCUT2D eigenvalue weighted by molar-refractivity contribution is 0.668. The van der Waals surface area contributed by atoms with Crippen LogP contribution in [0.4, 0.5) is 5.69 Å². The smallest absolute Gasteiger partial charge is 0.137 e. The van der Waals surface area contributed by atoms with E-state index >= 15 is 0 Å². The summed E-state index contributed by atoms with van der Waals surface area (Å²) in [6.45, 7) is 0. The number of hydrogen-bond acceptors (Lipinski definition) is 3. The van der Waals surface area contributed by atoms with E-state index in [2.05, 4.69) is 169 Å². The minimum absolute atomic E-state index is 0.122. The molecule has 0 radical (unpaired) electrons. The third kappa shape index (κ3) is 5.22. The zero-order valence-electron chi connectivity index (χ0n) is 27.8. The SMILES string of the molecule is C1=CC(c2ccc3oc4ccccc4c3c2)=CC(Nc2cccc3oc4cccc(-c5ccc(-c6ccc(-c7ccccc7)cc6)cc5)c4c23)C1. The van der Waals surface area contributed by atoms with Crippen molar-refractivity contribution >= 4 is 55.1 Å². The van der Waals surface area contributed by atoms with Crippen LogP contribution in [0.15, 0.2) is 185 Å². The molecule has 0 fully saturated rings. The summed E-state index contributed by atoms with van der Waals surface area (Å²) in [5.41, 5.74) is 14.2. The number of furan rings is 2. The van der Waals surface area contributed by atoms with Gasteiger partial charge in [-0.25, -0.2) is 0 Å². The minimum Gasteiger partial charge on any atom is -0.456 e. The van der Waals surface area contributed by atoms with E-state index in [0.717, 1.165) is 67.1 Å². The van der Waals surface area contributed by atoms with Crippen molar-refractivity contribution in [3.05, 3.63) is 182 Å². The Morgan fingerprint density at radius 3 is 1.82 bits per heavy atom. The largest absolute Gasteiger partial charge is 0.456 e. The van der Waals surface area contributed by atoms with Gasteiger partial charge in [-0.15, -0.1) is 0 Å². The van der Waals surface area contributed by atoms with E-state index in [1.54, 1.807) is 0 Å². The molecule has 0 amide bonds. The van der Waals surface area contributed by atoms with Crippen LogP contribution in [-0.4, -0.2) is 6.04 Å². The van der Waals surface area contributed by atoms with Crippen LogP contribution in [0.3, 0.4) is 0 Å². The van der Waals surface area contributed by atoms with Gasteiger partial charge in [-0.1, -0.05) is 140 Å². The lowest BCUT2D eigenvalue weighted by atomic mass is 9.94. The normalized spacial score (nSPS) is 14.4. The van der Waals surface area contributed by atoms with Crippen molar-refractivity contribution in [2.24, 2.45) is 0 Å². The summed E-state index contributed by atoms with van der Waals surface area (Å²) in [6, 6.07) is 55.8. The average molecular weight is 656 g/mol. The Kier molecular flexibility index (Phi) is 6.95. The van der Waals surface area contributed by atoms with Gasteiger partial charge in [0.2, 0.25) is 0 Å². The molecule has 0 aliphatic heterocycles. The average Bonchev–Trinajstić information content (AvgIpc) is 3.77. The quantitative estimate of drug-likeness (QED) is 0.194. The molecule has 10 rings (SSSR count). The molecular formula is C48H33NO2. The van der Waals surface area contributed by atoms with Gasteiger partial charge in [0.15, 0.2) is 0 Å². The second-order valence-corrected chi connectivity index (χ2v) is 13.3. The third-order valence-electron chi connectivity index (χ3n) is 10.2. The number of benzene rings is 7. The molecule has 0 spiro atoms. The van der Waals surface area contributed by atoms with E-state index in [4.69, 9.17) is 8.83 Å². The van der Waals surface area contributed by atoms with Gasteiger partial charge in [-0.2, -0.15) is 0 Å². The van der Waals surface area contributed by atoms with Gasteiger partial charge >= 0.3 is 0 Å². The van der Waals surface area contributed by atoms with E-state index < -0.39 is 0 Å². The van der Waals surface area contributed by atoms with Crippen molar-refractivity contribution < 1.29 is 8.83 Å². The molecular weight excluding hydrogens is 623 g/mol. The Morgan fingerprint density at radius 2 is 1.04 bits per heavy atom. The highest BCUT2D eigenvalue weighted by Crippen LogP contribution is 2.41. The van der Waals surface area contributed by atoms with Crippen LogP contribution in [0.2, 0.25) is 0 Å². The van der Waals surface area contributed by atoms with Gasteiger partial charge in [0.25, 0.3) is 0 Å². The molecule has 1 N–H and O–H groups in total. The minimum atomic E-state index is 0.122. The van der Waals surface area contributed by atoms with Crippen LogP contribution in [0.5, 0.6) is 0 Å². The van der Waals surface area contributed by atoms with Crippen LogP contribution in [0.25, 0.3) is 82.8 Å². The van der Waals surface area contributed by atoms with Crippen molar-refractivity contribution in [3.8, 4) is 33.4 Å². The fourth-order valence-electron chi connectivity index (χ4n) is 7.64. The van der Waals surface area contributed by atoms with Crippen molar-refractivity contribution in [1.82, 2.24) is 0 Å². The fourth-order valence-corrected chi connectivity index (χ4v) is 7.64. The number of hydrogen-bond donors (Lipinski definition) is 1. The number of para-hydroxylation sites is 1. The molecule has 9 aromatic rings. The highest BCUT2D eigenvalue weighted by Gasteiger charge is 2.19. The van der Waals surface area contributed by atoms with E-state index in [1.165, 1.54) is 33.4 Å². The standard InChI is InChI=1S/C48H33NO2/c1-2-9-31(10-3-1)32-19-21-33(22-20-32)34-23-25-35(26-24-34)39-14-7-17-45-47(39)48-42(15-8-18-46(48)51-45)49-38-12-6-11-36(29-38)37-27-28-44-41(30-37)40-13-4-5-16-43(40)50-44/h1-11,13-30,38,49H,12H2. The molecule has 7 aromatic carbocycles. The maximum atomic E-state index is 6.47. The summed E-state index contributed by atoms with van der Waals surface area (Å²) in [5.74, 6) is 0. The van der Waals surface area contributed by atoms with Gasteiger partial charge in [-0.05, 0) is 87.3 Å². The van der Waals surface area contributed by atoms with Gasteiger partial charge in [0, 0.05) is 27.9 Å². The van der Waals surface area contributed by atoms with Crippen LogP contribution >= 0.6 is 0 Å². The van der Waals surface area contributed by atoms with E-state index in [0.29, 0.717) is 0 Å². The highest BCUT2D eigenvalue weighted by molar-refractivity contribution is 6.17. The second-order valence-electron chi connectivity index (χ2n) is 13.3. The summed E-state index contributed by atoms with van der Waals surface area (Å²) in [4.78, 5) is 0. The molecule has 0 bridgehead atoms. The summed E-state index contributed by atoms with van der Waals surface area (Å²) in [5, 5.41) is 8.41. The number of rotatable bonds is 6. The topological polar surface area (TPSA) is 38.3 Å². The summed E-state index contributed by atoms with van der Waals surface area (Å²) < 4.78 is 12.6. The van der Waals surface area contributed by atoms with Gasteiger partial charge in [0.05, 0.1) is 5.39 Å². The molecule has 1 aliphatic carbocycles. The molecule has 242 valence electrons. The summed E-state index contributed by atoms with van der Waals surface area (Å²) in [6.07, 6.45) is 7.74. The number of allylic oxidation sites excluding steroid dienone is 2. The van der Waals surface area contributed by atoms with Crippen molar-refractivity contribution in [3.63, 3.8) is 0 Å². The van der Waals surface area contributed by atoms with E-state index in [-0.39, 0.29) is 6.04 Å². The fraction of sp³-hybridized carbons (Fsp3) is 0.0417. The maximum Gasteiger partial charge on any atom is 0.137 e. The van der Waals surface area contributed by atoms with Crippen LogP contribution < -0.4 is 5.32 Å². The van der Waals surface area contributed by atoms with E-state index in [9.17, 15) is 0 Å². The molecule has 0 saturated heterocycles. The number of nitrogens with one attached hydrogen (secondary N) is 1. The first-order valence-corrected chi connectivity index (χ1v) is 17.5. The lowest BCUT2D eigenvalue weighted by Crippen LogP contribution is -2.18. The number of fused-ring (bicyclic) bond motifs is 6. The monoisotopic (exact) mass is 655 g/mol. The molecule has 2 aromatic heterocycles. The number of anilines is 1. The Bertz CT molecular complexity index is 2780. The first-order valence-electron chi connectivity index (χ1n) is 17.5. The maximum absolute atomic E-state index is 6.47. The van der Waals surface area contributed by atoms with E-state index in [1.807, 2.05) is 12.1 Å². The molecule has 0 saturated carbocycles. The predicted octanol–water partition coefficient (Wildman–Crippen LogP) is 13.3. The Hall–Kier alpha value is -6.58. The first kappa shape index (κ1) is 29.3. The molecule has 3 nitrogen and oxygen atoms in total. The molecule has 1 aliphatic rings. The summed E-state index contributed by atoms with van der Waals surface area (Å²) in [7, 11) is 0. The third-order valence-corrected chi connectivity index (χ3v) is 10.2. The Balaban J connectivity index is 0.976. The molecule has 51 heavy (non-hydrogen) atoms. The van der Waals surface area contributed by atoms with Gasteiger partial charge in [0.1, 0.15) is 22.3 Å². The zero-order valence-corrected chi connectivity index (χ0v) is 27.8. The Morgan fingerprint density at radius 1 is 0.451 bits per heavy atom. The molecule has 1 atom stereocenters. The van der Waals surface area contributed by atoms with Crippen LogP contribution in [0, 0.1) is 0 Å². The van der Waals surface area contributed by atoms with Crippen LogP contribution in [0.1, 0.15) is 12.0 Å². The van der Waals surface area contributed by atoms with Crippen molar-refractivity contribution in [1.29, 1.82) is 0 Å². The second kappa shape index (κ2) is 12.1. The molecule has 3 heteroatoms. The Labute approximate surface area is 295 Å². The highest BCUT2D eigenvalue weighted by atomic mass is 16.3. The lowest BCUT2D eigenvalue weighted by Gasteiger charge is -2.20. The first-order chi connectivity index (χ1) is 25.2.